The SMILES string of the molecule is Cc1nc(CC(=O)NC2(C)CCC2)c(C2OCCO2)c(NCc2cccc(C(F)F)c2C)n1. The van der Waals surface area contributed by atoms with Gasteiger partial charge in [-0.25, -0.2) is 18.7 Å². The molecule has 7 nitrogen and oxygen atoms in total. The monoisotopic (exact) mass is 460 g/mol. The number of benzene rings is 1. The van der Waals surface area contributed by atoms with Crippen LogP contribution in [-0.2, 0) is 27.2 Å². The highest BCUT2D eigenvalue weighted by atomic mass is 19.3. The van der Waals surface area contributed by atoms with E-state index in [0.29, 0.717) is 41.7 Å². The van der Waals surface area contributed by atoms with Crippen molar-refractivity contribution in [3.8, 4) is 0 Å². The zero-order valence-corrected chi connectivity index (χ0v) is 19.2. The third-order valence-electron chi connectivity index (χ3n) is 6.39. The van der Waals surface area contributed by atoms with Crippen LogP contribution in [0.5, 0.6) is 0 Å². The van der Waals surface area contributed by atoms with Gasteiger partial charge in [0.15, 0.2) is 6.29 Å². The number of nitrogens with one attached hydrogen (secondary N) is 2. The highest BCUT2D eigenvalue weighted by Crippen LogP contribution is 2.34. The van der Waals surface area contributed by atoms with Gasteiger partial charge in [0, 0.05) is 17.6 Å². The van der Waals surface area contributed by atoms with E-state index in [9.17, 15) is 13.6 Å². The molecule has 9 heteroatoms. The van der Waals surface area contributed by atoms with Gasteiger partial charge in [-0.05, 0) is 51.2 Å². The van der Waals surface area contributed by atoms with Crippen LogP contribution in [0.4, 0.5) is 14.6 Å². The molecular formula is C24H30F2N4O3. The number of halogens is 2. The second-order valence-electron chi connectivity index (χ2n) is 8.98. The Morgan fingerprint density at radius 1 is 1.21 bits per heavy atom. The average molecular weight is 461 g/mol. The quantitative estimate of drug-likeness (QED) is 0.611. The van der Waals surface area contributed by atoms with E-state index in [2.05, 4.69) is 20.6 Å². The molecule has 2 fully saturated rings. The smallest absolute Gasteiger partial charge is 0.264 e. The number of ether oxygens (including phenoxy) is 2. The zero-order chi connectivity index (χ0) is 23.6. The normalized spacial score (nSPS) is 17.8. The van der Waals surface area contributed by atoms with Crippen LogP contribution >= 0.6 is 0 Å². The van der Waals surface area contributed by atoms with Crippen molar-refractivity contribution in [1.82, 2.24) is 15.3 Å². The second-order valence-corrected chi connectivity index (χ2v) is 8.98. The number of amides is 1. The summed E-state index contributed by atoms with van der Waals surface area (Å²) < 4.78 is 38.1. The minimum Gasteiger partial charge on any atom is -0.365 e. The van der Waals surface area contributed by atoms with E-state index in [0.717, 1.165) is 24.8 Å². The van der Waals surface area contributed by atoms with Crippen LogP contribution in [0.3, 0.4) is 0 Å². The highest BCUT2D eigenvalue weighted by Gasteiger charge is 2.34. The van der Waals surface area contributed by atoms with Crippen molar-refractivity contribution in [1.29, 1.82) is 0 Å². The van der Waals surface area contributed by atoms with E-state index in [1.54, 1.807) is 26.0 Å². The molecule has 2 heterocycles. The van der Waals surface area contributed by atoms with E-state index < -0.39 is 12.7 Å². The summed E-state index contributed by atoms with van der Waals surface area (Å²) in [6, 6.07) is 4.86. The summed E-state index contributed by atoms with van der Waals surface area (Å²) in [6.07, 6.45) is -0.112. The minimum atomic E-state index is -2.54. The molecule has 178 valence electrons. The Bertz CT molecular complexity index is 1020. The van der Waals surface area contributed by atoms with Crippen LogP contribution < -0.4 is 10.6 Å². The number of anilines is 1. The molecule has 2 aromatic rings. The number of nitrogens with zero attached hydrogens (tertiary/aromatic N) is 2. The summed E-state index contributed by atoms with van der Waals surface area (Å²) in [4.78, 5) is 21.9. The Morgan fingerprint density at radius 2 is 1.94 bits per heavy atom. The average Bonchev–Trinajstić information content (AvgIpc) is 3.25. The molecule has 0 spiro atoms. The van der Waals surface area contributed by atoms with Crippen LogP contribution in [0, 0.1) is 13.8 Å². The molecule has 1 aliphatic heterocycles. The lowest BCUT2D eigenvalue weighted by molar-refractivity contribution is -0.123. The lowest BCUT2D eigenvalue weighted by Crippen LogP contribution is -2.51. The molecule has 0 bridgehead atoms. The Hall–Kier alpha value is -2.65. The van der Waals surface area contributed by atoms with Crippen molar-refractivity contribution < 1.29 is 23.0 Å². The molecule has 2 N–H and O–H groups in total. The maximum absolute atomic E-state index is 13.3. The van der Waals surface area contributed by atoms with E-state index in [1.807, 2.05) is 6.92 Å². The fourth-order valence-corrected chi connectivity index (χ4v) is 4.36. The number of carbonyl (C=O) groups excluding carboxylic acids is 1. The number of carbonyl (C=O) groups is 1. The molecule has 0 unspecified atom stereocenters. The first-order valence-electron chi connectivity index (χ1n) is 11.3. The second kappa shape index (κ2) is 9.69. The van der Waals surface area contributed by atoms with E-state index in [-0.39, 0.29) is 30.0 Å². The molecule has 0 atom stereocenters. The van der Waals surface area contributed by atoms with Crippen molar-refractivity contribution in [3.63, 3.8) is 0 Å². The maximum Gasteiger partial charge on any atom is 0.264 e. The Kier molecular flexibility index (Phi) is 6.90. The molecule has 33 heavy (non-hydrogen) atoms. The number of rotatable bonds is 8. The molecule has 2 aliphatic rings. The van der Waals surface area contributed by atoms with Gasteiger partial charge < -0.3 is 20.1 Å². The van der Waals surface area contributed by atoms with Crippen molar-refractivity contribution in [2.24, 2.45) is 0 Å². The van der Waals surface area contributed by atoms with Crippen LogP contribution in [-0.4, -0.2) is 34.6 Å². The summed E-state index contributed by atoms with van der Waals surface area (Å²) >= 11 is 0. The standard InChI is InChI=1S/C24H30F2N4O3/c1-14-16(6-4-7-17(14)21(25)26)13-27-22-20(23-32-10-11-33-23)18(28-15(2)29-22)12-19(31)30-24(3)8-5-9-24/h4,6-7,21,23H,5,8-13H2,1-3H3,(H,30,31)(H,27,28,29). The zero-order valence-electron chi connectivity index (χ0n) is 19.2. The van der Waals surface area contributed by atoms with Crippen LogP contribution in [0.2, 0.25) is 0 Å². The van der Waals surface area contributed by atoms with Crippen LogP contribution in [0.15, 0.2) is 18.2 Å². The first kappa shape index (κ1) is 23.5. The molecule has 0 radical (unpaired) electrons. The molecule has 1 aromatic carbocycles. The number of aryl methyl sites for hydroxylation is 1. The number of hydrogen-bond acceptors (Lipinski definition) is 6. The molecule has 1 aliphatic carbocycles. The molecule has 1 aromatic heterocycles. The van der Waals surface area contributed by atoms with Crippen molar-refractivity contribution in [2.75, 3.05) is 18.5 Å². The minimum absolute atomic E-state index is 0.0118. The fourth-order valence-electron chi connectivity index (χ4n) is 4.36. The van der Waals surface area contributed by atoms with Gasteiger partial charge in [0.2, 0.25) is 5.91 Å². The van der Waals surface area contributed by atoms with Gasteiger partial charge in [0.1, 0.15) is 11.6 Å². The first-order valence-corrected chi connectivity index (χ1v) is 11.3. The third kappa shape index (κ3) is 5.30. The number of hydrogen-bond donors (Lipinski definition) is 2. The van der Waals surface area contributed by atoms with E-state index in [4.69, 9.17) is 9.47 Å². The van der Waals surface area contributed by atoms with Gasteiger partial charge in [-0.2, -0.15) is 0 Å². The van der Waals surface area contributed by atoms with Gasteiger partial charge >= 0.3 is 0 Å². The Morgan fingerprint density at radius 3 is 2.58 bits per heavy atom. The summed E-state index contributed by atoms with van der Waals surface area (Å²) in [5.74, 6) is 0.866. The molecule has 1 saturated carbocycles. The Balaban J connectivity index is 1.60. The summed E-state index contributed by atoms with van der Waals surface area (Å²) in [5, 5.41) is 6.36. The summed E-state index contributed by atoms with van der Waals surface area (Å²) in [6.45, 7) is 6.63. The lowest BCUT2D eigenvalue weighted by atomic mass is 9.78. The topological polar surface area (TPSA) is 85.4 Å². The highest BCUT2D eigenvalue weighted by molar-refractivity contribution is 5.79. The lowest BCUT2D eigenvalue weighted by Gasteiger charge is -2.39. The summed E-state index contributed by atoms with van der Waals surface area (Å²) in [7, 11) is 0. The predicted molar refractivity (Wildman–Crippen MR) is 119 cm³/mol. The number of aromatic nitrogens is 2. The van der Waals surface area contributed by atoms with Gasteiger partial charge in [-0.15, -0.1) is 0 Å². The van der Waals surface area contributed by atoms with Gasteiger partial charge in [-0.3, -0.25) is 4.79 Å². The van der Waals surface area contributed by atoms with E-state index in [1.165, 1.54) is 6.07 Å². The number of alkyl halides is 2. The van der Waals surface area contributed by atoms with Gasteiger partial charge in [-0.1, -0.05) is 18.2 Å². The fraction of sp³-hybridized carbons (Fsp3) is 0.542. The third-order valence-corrected chi connectivity index (χ3v) is 6.39. The molecule has 1 amide bonds. The Labute approximate surface area is 192 Å². The van der Waals surface area contributed by atoms with Gasteiger partial charge in [0.25, 0.3) is 6.43 Å². The van der Waals surface area contributed by atoms with Crippen molar-refractivity contribution in [3.05, 3.63) is 52.0 Å². The maximum atomic E-state index is 13.3. The van der Waals surface area contributed by atoms with Crippen molar-refractivity contribution in [2.45, 2.75) is 71.3 Å². The molecule has 1 saturated heterocycles. The first-order chi connectivity index (χ1) is 15.8. The molecular weight excluding hydrogens is 430 g/mol. The van der Waals surface area contributed by atoms with Gasteiger partial charge in [0.05, 0.1) is 30.9 Å². The largest absolute Gasteiger partial charge is 0.365 e. The van der Waals surface area contributed by atoms with E-state index >= 15 is 0 Å². The summed E-state index contributed by atoms with van der Waals surface area (Å²) in [5.41, 5.74) is 2.24. The predicted octanol–water partition coefficient (Wildman–Crippen LogP) is 4.29. The van der Waals surface area contributed by atoms with Crippen LogP contribution in [0.25, 0.3) is 0 Å². The molecule has 4 rings (SSSR count). The van der Waals surface area contributed by atoms with Crippen LogP contribution in [0.1, 0.15) is 72.7 Å². The van der Waals surface area contributed by atoms with Crippen molar-refractivity contribution >= 4 is 11.7 Å².